The minimum atomic E-state index is -4.72. The number of amides is 2. The molecule has 1 unspecified atom stereocenters. The summed E-state index contributed by atoms with van der Waals surface area (Å²) in [5.41, 5.74) is 1.64. The number of hydrazone groups is 1. The van der Waals surface area contributed by atoms with Crippen molar-refractivity contribution in [3.63, 3.8) is 0 Å². The molecule has 2 aromatic rings. The van der Waals surface area contributed by atoms with Crippen molar-refractivity contribution in [1.82, 2.24) is 5.43 Å². The maximum atomic E-state index is 13.2. The Kier molecular flexibility index (Phi) is 5.71. The van der Waals surface area contributed by atoms with Crippen LogP contribution in [-0.2, 0) is 15.8 Å². The van der Waals surface area contributed by atoms with E-state index in [0.717, 1.165) is 12.1 Å². The highest BCUT2D eigenvalue weighted by Gasteiger charge is 2.39. The van der Waals surface area contributed by atoms with Crippen molar-refractivity contribution in [3.8, 4) is 0 Å². The van der Waals surface area contributed by atoms with Gasteiger partial charge >= 0.3 is 6.18 Å². The maximum absolute atomic E-state index is 13.2. The summed E-state index contributed by atoms with van der Waals surface area (Å²) in [6, 6.07) is 9.94. The van der Waals surface area contributed by atoms with Crippen LogP contribution in [0.5, 0.6) is 0 Å². The fraction of sp³-hybridized carbons (Fsp3) is 0.238. The van der Waals surface area contributed by atoms with Gasteiger partial charge in [-0.05, 0) is 36.8 Å². The third-order valence-electron chi connectivity index (χ3n) is 4.66. The standard InChI is InChI=1S/C21H18F3N5O2/c1-12(30)26-14-6-4-5-13(9-14)18-11-20(2,29-28-18)19(31)27-15-7-8-17(25-3)16(10-15)21(22,23)24/h4-10,29H,11H2,1-2H3,(H,26,30)(H,27,31). The smallest absolute Gasteiger partial charge is 0.326 e. The summed E-state index contributed by atoms with van der Waals surface area (Å²) in [4.78, 5) is 26.9. The molecule has 1 atom stereocenters. The molecule has 160 valence electrons. The molecule has 1 aliphatic heterocycles. The molecule has 0 saturated heterocycles. The zero-order valence-corrected chi connectivity index (χ0v) is 16.6. The van der Waals surface area contributed by atoms with Crippen molar-refractivity contribution in [2.24, 2.45) is 5.10 Å². The molecule has 0 radical (unpaired) electrons. The highest BCUT2D eigenvalue weighted by atomic mass is 19.4. The Balaban J connectivity index is 1.76. The van der Waals surface area contributed by atoms with E-state index in [1.807, 2.05) is 0 Å². The third-order valence-corrected chi connectivity index (χ3v) is 4.66. The van der Waals surface area contributed by atoms with Gasteiger partial charge in [0.1, 0.15) is 5.54 Å². The molecule has 0 aliphatic carbocycles. The normalized spacial score (nSPS) is 17.9. The van der Waals surface area contributed by atoms with E-state index >= 15 is 0 Å². The summed E-state index contributed by atoms with van der Waals surface area (Å²) in [7, 11) is 0. The quantitative estimate of drug-likeness (QED) is 0.633. The molecule has 1 heterocycles. The van der Waals surface area contributed by atoms with E-state index in [1.165, 1.54) is 13.0 Å². The Morgan fingerprint density at radius 1 is 1.16 bits per heavy atom. The number of halogens is 3. The van der Waals surface area contributed by atoms with E-state index in [1.54, 1.807) is 31.2 Å². The fourth-order valence-electron chi connectivity index (χ4n) is 3.09. The van der Waals surface area contributed by atoms with Gasteiger partial charge in [-0.2, -0.15) is 18.3 Å². The SMILES string of the molecule is [C-]#[N+]c1ccc(NC(=O)C2(C)CC(c3cccc(NC(C)=O)c3)=NN2)cc1C(F)(F)F. The lowest BCUT2D eigenvalue weighted by atomic mass is 9.92. The Morgan fingerprint density at radius 3 is 2.52 bits per heavy atom. The number of nitrogens with one attached hydrogen (secondary N) is 3. The van der Waals surface area contributed by atoms with Gasteiger partial charge in [-0.3, -0.25) is 15.0 Å². The number of rotatable bonds is 4. The highest BCUT2D eigenvalue weighted by molar-refractivity contribution is 6.09. The van der Waals surface area contributed by atoms with Crippen LogP contribution in [0.1, 0.15) is 31.4 Å². The first-order valence-corrected chi connectivity index (χ1v) is 9.14. The summed E-state index contributed by atoms with van der Waals surface area (Å²) in [6.07, 6.45) is -4.54. The molecular weight excluding hydrogens is 411 g/mol. The molecule has 2 aromatic carbocycles. The molecule has 2 amide bonds. The summed E-state index contributed by atoms with van der Waals surface area (Å²) >= 11 is 0. The number of alkyl halides is 3. The number of benzene rings is 2. The van der Waals surface area contributed by atoms with Gasteiger partial charge in [0.15, 0.2) is 5.69 Å². The third kappa shape index (κ3) is 4.83. The van der Waals surface area contributed by atoms with Crippen molar-refractivity contribution in [2.45, 2.75) is 32.0 Å². The average Bonchev–Trinajstić information content (AvgIpc) is 3.11. The highest BCUT2D eigenvalue weighted by Crippen LogP contribution is 2.38. The predicted molar refractivity (Wildman–Crippen MR) is 110 cm³/mol. The van der Waals surface area contributed by atoms with Crippen molar-refractivity contribution < 1.29 is 22.8 Å². The van der Waals surface area contributed by atoms with Gasteiger partial charge in [-0.15, -0.1) is 0 Å². The molecule has 0 spiro atoms. The topological polar surface area (TPSA) is 87.0 Å². The average molecular weight is 429 g/mol. The molecule has 3 N–H and O–H groups in total. The summed E-state index contributed by atoms with van der Waals surface area (Å²) in [6.45, 7) is 9.85. The van der Waals surface area contributed by atoms with Gasteiger partial charge in [-0.25, -0.2) is 4.85 Å². The molecule has 7 nitrogen and oxygen atoms in total. The van der Waals surface area contributed by atoms with Crippen LogP contribution in [0, 0.1) is 6.57 Å². The number of carbonyl (C=O) groups excluding carboxylic acids is 2. The first-order valence-electron chi connectivity index (χ1n) is 9.14. The molecule has 0 bridgehead atoms. The molecule has 0 aromatic heterocycles. The fourth-order valence-corrected chi connectivity index (χ4v) is 3.09. The van der Waals surface area contributed by atoms with E-state index in [4.69, 9.17) is 6.57 Å². The van der Waals surface area contributed by atoms with Gasteiger partial charge < -0.3 is 10.6 Å². The van der Waals surface area contributed by atoms with Crippen LogP contribution in [0.2, 0.25) is 0 Å². The van der Waals surface area contributed by atoms with Crippen LogP contribution >= 0.6 is 0 Å². The maximum Gasteiger partial charge on any atom is 0.407 e. The second-order valence-corrected chi connectivity index (χ2v) is 7.24. The van der Waals surface area contributed by atoms with Gasteiger partial charge in [0, 0.05) is 24.7 Å². The van der Waals surface area contributed by atoms with Crippen LogP contribution < -0.4 is 16.1 Å². The predicted octanol–water partition coefficient (Wildman–Crippen LogP) is 4.31. The number of hydrogen-bond donors (Lipinski definition) is 3. The van der Waals surface area contributed by atoms with Gasteiger partial charge in [-0.1, -0.05) is 18.2 Å². The number of carbonyl (C=O) groups is 2. The lowest BCUT2D eigenvalue weighted by Crippen LogP contribution is -2.47. The van der Waals surface area contributed by atoms with E-state index < -0.39 is 28.9 Å². The van der Waals surface area contributed by atoms with Crippen molar-refractivity contribution in [3.05, 3.63) is 65.0 Å². The largest absolute Gasteiger partial charge is 0.407 e. The number of nitrogens with zero attached hydrogens (tertiary/aromatic N) is 2. The molecule has 31 heavy (non-hydrogen) atoms. The summed E-state index contributed by atoms with van der Waals surface area (Å²) < 4.78 is 39.5. The lowest BCUT2D eigenvalue weighted by Gasteiger charge is -2.23. The van der Waals surface area contributed by atoms with Crippen LogP contribution in [-0.4, -0.2) is 23.1 Å². The molecule has 1 aliphatic rings. The molecule has 0 saturated carbocycles. The Morgan fingerprint density at radius 2 is 1.87 bits per heavy atom. The Bertz CT molecular complexity index is 1120. The van der Waals surface area contributed by atoms with Crippen LogP contribution in [0.25, 0.3) is 4.85 Å². The molecule has 0 fully saturated rings. The molecule has 10 heteroatoms. The lowest BCUT2D eigenvalue weighted by molar-refractivity contribution is -0.136. The Labute approximate surface area is 176 Å². The van der Waals surface area contributed by atoms with Crippen molar-refractivity contribution >= 4 is 34.6 Å². The van der Waals surface area contributed by atoms with E-state index in [0.29, 0.717) is 17.0 Å². The zero-order chi connectivity index (χ0) is 22.8. The summed E-state index contributed by atoms with van der Waals surface area (Å²) in [5.74, 6) is -0.803. The van der Waals surface area contributed by atoms with Crippen LogP contribution in [0.15, 0.2) is 47.6 Å². The first kappa shape index (κ1) is 21.8. The number of anilines is 2. The molecule has 3 rings (SSSR count). The van der Waals surface area contributed by atoms with Gasteiger partial charge in [0.25, 0.3) is 5.91 Å². The van der Waals surface area contributed by atoms with E-state index in [9.17, 15) is 22.8 Å². The van der Waals surface area contributed by atoms with Crippen LogP contribution in [0.3, 0.4) is 0 Å². The summed E-state index contributed by atoms with van der Waals surface area (Å²) in [5, 5.41) is 9.33. The molecular formula is C21H18F3N5O2. The first-order chi connectivity index (χ1) is 14.5. The van der Waals surface area contributed by atoms with E-state index in [2.05, 4.69) is 26.0 Å². The van der Waals surface area contributed by atoms with E-state index in [-0.39, 0.29) is 18.0 Å². The Hall–Kier alpha value is -3.87. The second-order valence-electron chi connectivity index (χ2n) is 7.24. The van der Waals surface area contributed by atoms with Crippen LogP contribution in [0.4, 0.5) is 30.2 Å². The van der Waals surface area contributed by atoms with Crippen molar-refractivity contribution in [2.75, 3.05) is 10.6 Å². The van der Waals surface area contributed by atoms with Gasteiger partial charge in [0.05, 0.1) is 17.8 Å². The minimum absolute atomic E-state index is 0.0751. The second kappa shape index (κ2) is 8.10. The number of hydrogen-bond acceptors (Lipinski definition) is 4. The zero-order valence-electron chi connectivity index (χ0n) is 16.6. The minimum Gasteiger partial charge on any atom is -0.326 e. The monoisotopic (exact) mass is 429 g/mol. The van der Waals surface area contributed by atoms with Crippen molar-refractivity contribution in [1.29, 1.82) is 0 Å². The van der Waals surface area contributed by atoms with Gasteiger partial charge in [0.2, 0.25) is 5.91 Å².